The van der Waals surface area contributed by atoms with Gasteiger partial charge in [0.15, 0.2) is 0 Å². The lowest BCUT2D eigenvalue weighted by molar-refractivity contribution is -0.0295. The number of nitrogens with zero attached hydrogens (tertiary/aromatic N) is 3. The Morgan fingerprint density at radius 3 is 3.05 bits per heavy atom. The number of hydrogen-bond donors (Lipinski definition) is 0. The Labute approximate surface area is 130 Å². The first-order valence-electron chi connectivity index (χ1n) is 8.04. The molecule has 0 spiro atoms. The molecule has 2 aromatic heterocycles. The summed E-state index contributed by atoms with van der Waals surface area (Å²) >= 11 is 0. The van der Waals surface area contributed by atoms with Crippen LogP contribution in [0.25, 0.3) is 0 Å². The van der Waals surface area contributed by atoms with E-state index in [1.165, 1.54) is 18.4 Å². The van der Waals surface area contributed by atoms with Crippen molar-refractivity contribution < 1.29 is 9.47 Å². The van der Waals surface area contributed by atoms with E-state index in [4.69, 9.17) is 14.6 Å². The Kier molecular flexibility index (Phi) is 3.91. The van der Waals surface area contributed by atoms with E-state index in [2.05, 4.69) is 11.2 Å². The first-order chi connectivity index (χ1) is 10.9. The van der Waals surface area contributed by atoms with Crippen LogP contribution in [-0.4, -0.2) is 34.6 Å². The van der Waals surface area contributed by atoms with Crippen molar-refractivity contribution in [3.05, 3.63) is 47.5 Å². The van der Waals surface area contributed by atoms with E-state index in [0.29, 0.717) is 13.2 Å². The van der Waals surface area contributed by atoms with Crippen molar-refractivity contribution >= 4 is 0 Å². The van der Waals surface area contributed by atoms with Gasteiger partial charge in [-0.3, -0.25) is 9.67 Å². The zero-order chi connectivity index (χ0) is 14.8. The van der Waals surface area contributed by atoms with E-state index < -0.39 is 0 Å². The summed E-state index contributed by atoms with van der Waals surface area (Å²) < 4.78 is 13.6. The topological polar surface area (TPSA) is 49.2 Å². The van der Waals surface area contributed by atoms with Gasteiger partial charge in [-0.25, -0.2) is 0 Å². The third-order valence-corrected chi connectivity index (χ3v) is 4.24. The summed E-state index contributed by atoms with van der Waals surface area (Å²) in [5.74, 6) is 0.782. The Balaban J connectivity index is 1.44. The molecule has 22 heavy (non-hydrogen) atoms. The van der Waals surface area contributed by atoms with E-state index in [1.807, 2.05) is 29.1 Å². The van der Waals surface area contributed by atoms with Gasteiger partial charge in [-0.1, -0.05) is 6.07 Å². The third kappa shape index (κ3) is 3.20. The molecule has 4 rings (SSSR count). The first kappa shape index (κ1) is 13.9. The highest BCUT2D eigenvalue weighted by atomic mass is 16.5. The monoisotopic (exact) mass is 299 g/mol. The molecule has 2 aliphatic rings. The molecule has 5 heteroatoms. The van der Waals surface area contributed by atoms with Gasteiger partial charge >= 0.3 is 0 Å². The van der Waals surface area contributed by atoms with Crippen molar-refractivity contribution in [2.45, 2.75) is 31.9 Å². The lowest BCUT2D eigenvalue weighted by atomic mass is 10.1. The van der Waals surface area contributed by atoms with E-state index >= 15 is 0 Å². The molecule has 1 aliphatic carbocycles. The smallest absolute Gasteiger partial charge is 0.125 e. The van der Waals surface area contributed by atoms with E-state index in [-0.39, 0.29) is 6.10 Å². The van der Waals surface area contributed by atoms with Gasteiger partial charge in [0.2, 0.25) is 0 Å². The van der Waals surface area contributed by atoms with Gasteiger partial charge in [0.1, 0.15) is 6.10 Å². The molecular formula is C17H21N3O2. The van der Waals surface area contributed by atoms with Gasteiger partial charge in [0, 0.05) is 19.0 Å². The predicted molar refractivity (Wildman–Crippen MR) is 81.5 cm³/mol. The van der Waals surface area contributed by atoms with Crippen molar-refractivity contribution in [1.29, 1.82) is 0 Å². The molecule has 5 nitrogen and oxygen atoms in total. The zero-order valence-electron chi connectivity index (χ0n) is 12.6. The zero-order valence-corrected chi connectivity index (χ0v) is 12.6. The minimum absolute atomic E-state index is 0.0208. The van der Waals surface area contributed by atoms with Crippen molar-refractivity contribution in [2.75, 3.05) is 19.8 Å². The second-order valence-corrected chi connectivity index (χ2v) is 6.15. The minimum Gasteiger partial charge on any atom is -0.378 e. The quantitative estimate of drug-likeness (QED) is 0.821. The highest BCUT2D eigenvalue weighted by Gasteiger charge is 2.27. The van der Waals surface area contributed by atoms with Gasteiger partial charge in [-0.05, 0) is 42.9 Å². The number of fused-ring (bicyclic) bond motifs is 1. The highest BCUT2D eigenvalue weighted by molar-refractivity contribution is 5.22. The molecule has 1 saturated carbocycles. The second kappa shape index (κ2) is 6.18. The maximum absolute atomic E-state index is 5.85. The van der Waals surface area contributed by atoms with Crippen LogP contribution < -0.4 is 0 Å². The van der Waals surface area contributed by atoms with Gasteiger partial charge in [0.05, 0.1) is 31.1 Å². The minimum atomic E-state index is -0.0208. The number of aromatic nitrogens is 3. The van der Waals surface area contributed by atoms with Crippen LogP contribution in [0.4, 0.5) is 0 Å². The molecule has 2 aromatic rings. The fraction of sp³-hybridized carbons (Fsp3) is 0.529. The summed E-state index contributed by atoms with van der Waals surface area (Å²) in [5.41, 5.74) is 3.34. The van der Waals surface area contributed by atoms with Crippen molar-refractivity contribution in [3.63, 3.8) is 0 Å². The molecule has 1 aliphatic heterocycles. The summed E-state index contributed by atoms with van der Waals surface area (Å²) in [6, 6.07) is 5.95. The average Bonchev–Trinajstić information content (AvgIpc) is 3.27. The van der Waals surface area contributed by atoms with Crippen molar-refractivity contribution in [3.8, 4) is 0 Å². The Morgan fingerprint density at radius 1 is 1.27 bits per heavy atom. The number of rotatable bonds is 6. The van der Waals surface area contributed by atoms with Gasteiger partial charge in [0.25, 0.3) is 0 Å². The second-order valence-electron chi connectivity index (χ2n) is 6.15. The molecule has 116 valence electrons. The fourth-order valence-corrected chi connectivity index (χ4v) is 2.82. The maximum Gasteiger partial charge on any atom is 0.125 e. The summed E-state index contributed by atoms with van der Waals surface area (Å²) in [5, 5.41) is 4.71. The Morgan fingerprint density at radius 2 is 2.23 bits per heavy atom. The molecule has 0 bridgehead atoms. The molecule has 0 amide bonds. The van der Waals surface area contributed by atoms with Crippen LogP contribution in [0.1, 0.15) is 35.9 Å². The average molecular weight is 299 g/mol. The lowest BCUT2D eigenvalue weighted by Gasteiger charge is -2.21. The fourth-order valence-electron chi connectivity index (χ4n) is 2.82. The molecule has 0 N–H and O–H groups in total. The van der Waals surface area contributed by atoms with Crippen molar-refractivity contribution in [2.24, 2.45) is 5.92 Å². The third-order valence-electron chi connectivity index (χ3n) is 4.24. The molecule has 0 aromatic carbocycles. The van der Waals surface area contributed by atoms with Gasteiger partial charge in [-0.2, -0.15) is 5.10 Å². The van der Waals surface area contributed by atoms with E-state index in [9.17, 15) is 0 Å². The standard InChI is InChI=1S/C17H21N3O2/c1-2-7-18-15(3-1)10-20-9-14-6-8-22-16(17(14)19-20)12-21-11-13-4-5-13/h1-3,7,9,13,16H,4-6,8,10-12H2/t16-/m0/s1. The van der Waals surface area contributed by atoms with Crippen LogP contribution in [0.15, 0.2) is 30.6 Å². The molecule has 3 heterocycles. The number of hydrogen-bond acceptors (Lipinski definition) is 4. The van der Waals surface area contributed by atoms with Crippen LogP contribution >= 0.6 is 0 Å². The Hall–Kier alpha value is -1.72. The molecule has 0 saturated heterocycles. The Bertz CT molecular complexity index is 622. The molecule has 1 fully saturated rings. The molecular weight excluding hydrogens is 278 g/mol. The SMILES string of the molecule is c1ccc(Cn2cc3c(n2)[C@H](COCC2CC2)OCC3)nc1. The van der Waals surface area contributed by atoms with Gasteiger partial charge in [-0.15, -0.1) is 0 Å². The largest absolute Gasteiger partial charge is 0.378 e. The van der Waals surface area contributed by atoms with Crippen LogP contribution in [-0.2, 0) is 22.4 Å². The summed E-state index contributed by atoms with van der Waals surface area (Å²) in [6.07, 6.45) is 7.48. The maximum atomic E-state index is 5.85. The van der Waals surface area contributed by atoms with Crippen LogP contribution in [0, 0.1) is 5.92 Å². The summed E-state index contributed by atoms with van der Waals surface area (Å²) in [6.45, 7) is 2.93. The van der Waals surface area contributed by atoms with E-state index in [0.717, 1.165) is 36.9 Å². The first-order valence-corrected chi connectivity index (χ1v) is 8.04. The molecule has 1 atom stereocenters. The van der Waals surface area contributed by atoms with E-state index in [1.54, 1.807) is 0 Å². The summed E-state index contributed by atoms with van der Waals surface area (Å²) in [4.78, 5) is 4.36. The van der Waals surface area contributed by atoms with Crippen LogP contribution in [0.3, 0.4) is 0 Å². The number of ether oxygens (including phenoxy) is 2. The van der Waals surface area contributed by atoms with Gasteiger partial charge < -0.3 is 9.47 Å². The molecule has 0 radical (unpaired) electrons. The predicted octanol–water partition coefficient (Wildman–Crippen LogP) is 2.37. The lowest BCUT2D eigenvalue weighted by Crippen LogP contribution is -2.20. The van der Waals surface area contributed by atoms with Crippen LogP contribution in [0.2, 0.25) is 0 Å². The van der Waals surface area contributed by atoms with Crippen LogP contribution in [0.5, 0.6) is 0 Å². The van der Waals surface area contributed by atoms with Crippen molar-refractivity contribution in [1.82, 2.24) is 14.8 Å². The highest BCUT2D eigenvalue weighted by Crippen LogP contribution is 2.30. The molecule has 0 unspecified atom stereocenters. The number of pyridine rings is 1. The summed E-state index contributed by atoms with van der Waals surface area (Å²) in [7, 11) is 0. The normalized spacial score (nSPS) is 20.8.